The molecule has 0 radical (unpaired) electrons. The summed E-state index contributed by atoms with van der Waals surface area (Å²) in [7, 11) is 0. The van der Waals surface area contributed by atoms with Crippen molar-refractivity contribution in [3.63, 3.8) is 0 Å². The highest BCUT2D eigenvalue weighted by Gasteiger charge is 2.16. The van der Waals surface area contributed by atoms with Gasteiger partial charge in [0.15, 0.2) is 0 Å². The molecule has 2 aromatic heterocycles. The van der Waals surface area contributed by atoms with Crippen molar-refractivity contribution < 1.29 is 15.0 Å². The first-order chi connectivity index (χ1) is 11.5. The predicted molar refractivity (Wildman–Crippen MR) is 92.3 cm³/mol. The Morgan fingerprint density at radius 2 is 2.12 bits per heavy atom. The fraction of sp³-hybridized carbons (Fsp3) is 0.389. The molecule has 1 unspecified atom stereocenters. The normalized spacial score (nSPS) is 12.8. The minimum atomic E-state index is -0.972. The van der Waals surface area contributed by atoms with Gasteiger partial charge in [0, 0.05) is 11.8 Å². The van der Waals surface area contributed by atoms with Gasteiger partial charge in [-0.3, -0.25) is 4.98 Å². The maximum absolute atomic E-state index is 11.2. The lowest BCUT2D eigenvalue weighted by Gasteiger charge is -2.12. The van der Waals surface area contributed by atoms with Crippen molar-refractivity contribution in [2.75, 3.05) is 0 Å². The fourth-order valence-corrected chi connectivity index (χ4v) is 2.98. The number of rotatable bonds is 6. The molecule has 126 valence electrons. The number of carboxylic acid groups (broad SMARTS) is 1. The molecule has 0 aliphatic heterocycles. The van der Waals surface area contributed by atoms with E-state index in [1.54, 1.807) is 31.3 Å². The molecule has 0 aliphatic rings. The van der Waals surface area contributed by atoms with Crippen LogP contribution in [0.5, 0.6) is 0 Å². The van der Waals surface area contributed by atoms with Crippen LogP contribution in [0.1, 0.15) is 42.9 Å². The standard InChI is InChI=1S/C18H21N3O3/c1-3-4-5-16-20-15-9-19-14-8-12(18(23)24)6-7-13(14)17(15)21(16)10-11(2)22/h6-9,11,22H,3-5,10H2,1-2H3,(H,23,24). The van der Waals surface area contributed by atoms with Gasteiger partial charge < -0.3 is 14.8 Å². The number of aliphatic hydroxyl groups is 1. The minimum absolute atomic E-state index is 0.210. The zero-order chi connectivity index (χ0) is 17.3. The van der Waals surface area contributed by atoms with Crippen LogP contribution in [0.4, 0.5) is 0 Å². The number of aromatic nitrogens is 3. The molecule has 2 N–H and O–H groups in total. The van der Waals surface area contributed by atoms with Gasteiger partial charge in [-0.2, -0.15) is 0 Å². The summed E-state index contributed by atoms with van der Waals surface area (Å²) in [6.45, 7) is 4.34. The van der Waals surface area contributed by atoms with E-state index in [0.717, 1.165) is 41.5 Å². The van der Waals surface area contributed by atoms with Crippen molar-refractivity contribution in [1.29, 1.82) is 0 Å². The first kappa shape index (κ1) is 16.4. The Labute approximate surface area is 139 Å². The van der Waals surface area contributed by atoms with Crippen LogP contribution in [-0.4, -0.2) is 36.8 Å². The molecule has 0 saturated carbocycles. The summed E-state index contributed by atoms with van der Waals surface area (Å²) in [5, 5.41) is 19.9. The average molecular weight is 327 g/mol. The maximum atomic E-state index is 11.2. The highest BCUT2D eigenvalue weighted by molar-refractivity contribution is 6.04. The average Bonchev–Trinajstić information content (AvgIpc) is 2.89. The molecule has 3 aromatic rings. The van der Waals surface area contributed by atoms with E-state index >= 15 is 0 Å². The number of aryl methyl sites for hydroxylation is 1. The number of carboxylic acids is 1. The minimum Gasteiger partial charge on any atom is -0.478 e. The van der Waals surface area contributed by atoms with E-state index in [2.05, 4.69) is 16.9 Å². The zero-order valence-electron chi connectivity index (χ0n) is 13.9. The summed E-state index contributed by atoms with van der Waals surface area (Å²) in [5.41, 5.74) is 2.51. The number of unbranched alkanes of at least 4 members (excludes halogenated alkanes) is 1. The van der Waals surface area contributed by atoms with Gasteiger partial charge >= 0.3 is 5.97 Å². The molecule has 0 amide bonds. The highest BCUT2D eigenvalue weighted by Crippen LogP contribution is 2.26. The molecule has 24 heavy (non-hydrogen) atoms. The van der Waals surface area contributed by atoms with Crippen LogP contribution >= 0.6 is 0 Å². The highest BCUT2D eigenvalue weighted by atomic mass is 16.4. The quantitative estimate of drug-likeness (QED) is 0.726. The molecule has 1 aromatic carbocycles. The Hall–Kier alpha value is -2.47. The molecule has 0 saturated heterocycles. The zero-order valence-corrected chi connectivity index (χ0v) is 13.9. The number of pyridine rings is 1. The number of imidazole rings is 1. The van der Waals surface area contributed by atoms with E-state index in [4.69, 9.17) is 5.11 Å². The largest absolute Gasteiger partial charge is 0.478 e. The molecule has 6 nitrogen and oxygen atoms in total. The summed E-state index contributed by atoms with van der Waals surface area (Å²) >= 11 is 0. The Bertz CT molecular complexity index is 899. The van der Waals surface area contributed by atoms with Gasteiger partial charge in [-0.25, -0.2) is 9.78 Å². The van der Waals surface area contributed by atoms with Gasteiger partial charge in [-0.1, -0.05) is 13.3 Å². The number of benzene rings is 1. The lowest BCUT2D eigenvalue weighted by Crippen LogP contribution is -2.14. The van der Waals surface area contributed by atoms with Crippen LogP contribution in [0, 0.1) is 0 Å². The molecular weight excluding hydrogens is 306 g/mol. The van der Waals surface area contributed by atoms with Crippen LogP contribution in [0.15, 0.2) is 24.4 Å². The first-order valence-corrected chi connectivity index (χ1v) is 8.20. The second-order valence-electron chi connectivity index (χ2n) is 6.12. The van der Waals surface area contributed by atoms with Gasteiger partial charge in [0.1, 0.15) is 11.3 Å². The third-order valence-corrected chi connectivity index (χ3v) is 4.10. The smallest absolute Gasteiger partial charge is 0.335 e. The summed E-state index contributed by atoms with van der Waals surface area (Å²) in [4.78, 5) is 20.2. The maximum Gasteiger partial charge on any atom is 0.335 e. The lowest BCUT2D eigenvalue weighted by molar-refractivity contribution is 0.0697. The van der Waals surface area contributed by atoms with Crippen LogP contribution in [-0.2, 0) is 13.0 Å². The van der Waals surface area contributed by atoms with Crippen LogP contribution in [0.2, 0.25) is 0 Å². The number of fused-ring (bicyclic) bond motifs is 3. The molecule has 0 spiro atoms. The number of hydrogen-bond acceptors (Lipinski definition) is 4. The van der Waals surface area contributed by atoms with Crippen molar-refractivity contribution in [3.8, 4) is 0 Å². The van der Waals surface area contributed by atoms with Crippen LogP contribution in [0.3, 0.4) is 0 Å². The van der Waals surface area contributed by atoms with Gasteiger partial charge in [0.25, 0.3) is 0 Å². The van der Waals surface area contributed by atoms with E-state index in [1.165, 1.54) is 0 Å². The predicted octanol–water partition coefficient (Wildman–Crippen LogP) is 3.01. The van der Waals surface area contributed by atoms with Crippen molar-refractivity contribution in [1.82, 2.24) is 14.5 Å². The van der Waals surface area contributed by atoms with Gasteiger partial charge in [0.2, 0.25) is 0 Å². The Morgan fingerprint density at radius 1 is 1.33 bits per heavy atom. The van der Waals surface area contributed by atoms with Gasteiger partial charge in [0.05, 0.1) is 35.4 Å². The summed E-state index contributed by atoms with van der Waals surface area (Å²) in [6.07, 6.45) is 4.12. The molecule has 1 atom stereocenters. The van der Waals surface area contributed by atoms with Gasteiger partial charge in [-0.05, 0) is 31.5 Å². The number of carbonyl (C=O) groups is 1. The van der Waals surface area contributed by atoms with Crippen LogP contribution in [0.25, 0.3) is 21.9 Å². The Morgan fingerprint density at radius 3 is 2.79 bits per heavy atom. The molecule has 0 aliphatic carbocycles. The van der Waals surface area contributed by atoms with E-state index in [9.17, 15) is 9.90 Å². The van der Waals surface area contributed by atoms with Crippen molar-refractivity contribution >= 4 is 27.9 Å². The van der Waals surface area contributed by atoms with E-state index in [0.29, 0.717) is 12.1 Å². The lowest BCUT2D eigenvalue weighted by atomic mass is 10.1. The number of aromatic carboxylic acids is 1. The summed E-state index contributed by atoms with van der Waals surface area (Å²) in [6, 6.07) is 4.93. The summed E-state index contributed by atoms with van der Waals surface area (Å²) < 4.78 is 2.04. The van der Waals surface area contributed by atoms with Crippen molar-refractivity contribution in [2.45, 2.75) is 45.8 Å². The fourth-order valence-electron chi connectivity index (χ4n) is 2.98. The third-order valence-electron chi connectivity index (χ3n) is 4.10. The Kier molecular flexibility index (Phi) is 4.49. The molecular formula is C18H21N3O3. The van der Waals surface area contributed by atoms with E-state index in [-0.39, 0.29) is 5.56 Å². The number of hydrogen-bond donors (Lipinski definition) is 2. The van der Waals surface area contributed by atoms with Crippen molar-refractivity contribution in [3.05, 3.63) is 35.8 Å². The summed E-state index contributed by atoms with van der Waals surface area (Å²) in [5.74, 6) is -0.0377. The molecule has 6 heteroatoms. The van der Waals surface area contributed by atoms with E-state index in [1.807, 2.05) is 4.57 Å². The third kappa shape index (κ3) is 2.97. The number of aliphatic hydroxyl groups excluding tert-OH is 1. The monoisotopic (exact) mass is 327 g/mol. The topological polar surface area (TPSA) is 88.2 Å². The second-order valence-corrected chi connectivity index (χ2v) is 6.12. The molecule has 3 rings (SSSR count). The first-order valence-electron chi connectivity index (χ1n) is 8.20. The second kappa shape index (κ2) is 6.57. The Balaban J connectivity index is 2.25. The molecule has 0 fully saturated rings. The van der Waals surface area contributed by atoms with Crippen LogP contribution < -0.4 is 0 Å². The van der Waals surface area contributed by atoms with Crippen molar-refractivity contribution in [2.24, 2.45) is 0 Å². The van der Waals surface area contributed by atoms with E-state index < -0.39 is 12.1 Å². The molecule has 0 bridgehead atoms. The molecule has 2 heterocycles. The van der Waals surface area contributed by atoms with Gasteiger partial charge in [-0.15, -0.1) is 0 Å². The SMILES string of the molecule is CCCCc1nc2cnc3cc(C(=O)O)ccc3c2n1CC(C)O. The number of nitrogens with zero attached hydrogens (tertiary/aromatic N) is 3.